The molecule has 9 heteroatoms. The lowest BCUT2D eigenvalue weighted by Crippen LogP contribution is -2.26. The number of benzene rings is 1. The molecule has 0 unspecified atom stereocenters. The normalized spacial score (nSPS) is 10.9. The number of rotatable bonds is 1. The van der Waals surface area contributed by atoms with Gasteiger partial charge in [0.2, 0.25) is 0 Å². The maximum Gasteiger partial charge on any atom is 0.418 e. The highest BCUT2D eigenvalue weighted by Crippen LogP contribution is 2.36. The fraction of sp³-hybridized carbons (Fsp3) is 0.111. The molecule has 2 amide bonds. The maximum atomic E-state index is 13.3. The Bertz CT molecular complexity index is 494. The molecule has 0 spiro atoms. The van der Waals surface area contributed by atoms with Gasteiger partial charge in [0.1, 0.15) is 5.82 Å². The lowest BCUT2D eigenvalue weighted by atomic mass is 10.1. The number of guanidine groups is 1. The van der Waals surface area contributed by atoms with Gasteiger partial charge in [-0.2, -0.15) is 18.2 Å². The van der Waals surface area contributed by atoms with Crippen LogP contribution in [0.3, 0.4) is 0 Å². The first kappa shape index (κ1) is 13.7. The standard InChI is InChI=1S/C9H8F4N4O/c10-5-3-1-2-4(9(11,12)13)6(5)16-8(18)17-7(14)15/h1-3H,(H5,14,15,16,17,18). The van der Waals surface area contributed by atoms with Crippen molar-refractivity contribution in [3.63, 3.8) is 0 Å². The van der Waals surface area contributed by atoms with Gasteiger partial charge in [0.15, 0.2) is 5.96 Å². The predicted octanol–water partition coefficient (Wildman–Crippen LogP) is 1.65. The van der Waals surface area contributed by atoms with Gasteiger partial charge in [-0.05, 0) is 12.1 Å². The third-order valence-corrected chi connectivity index (χ3v) is 1.78. The first-order valence-corrected chi connectivity index (χ1v) is 4.48. The summed E-state index contributed by atoms with van der Waals surface area (Å²) in [6.07, 6.45) is -4.82. The Morgan fingerprint density at radius 3 is 2.39 bits per heavy atom. The molecular formula is C9H8F4N4O. The topological polar surface area (TPSA) is 93.5 Å². The zero-order valence-corrected chi connectivity index (χ0v) is 8.75. The Kier molecular flexibility index (Phi) is 3.74. The summed E-state index contributed by atoms with van der Waals surface area (Å²) in [7, 11) is 0. The van der Waals surface area contributed by atoms with Gasteiger partial charge < -0.3 is 16.8 Å². The van der Waals surface area contributed by atoms with Gasteiger partial charge >= 0.3 is 12.2 Å². The van der Waals surface area contributed by atoms with E-state index in [9.17, 15) is 22.4 Å². The number of nitrogens with one attached hydrogen (secondary N) is 1. The molecule has 1 aromatic carbocycles. The Balaban J connectivity index is 3.16. The largest absolute Gasteiger partial charge is 0.418 e. The molecule has 0 aliphatic carbocycles. The minimum absolute atomic E-state index is 0.619. The molecule has 98 valence electrons. The van der Waals surface area contributed by atoms with Crippen LogP contribution >= 0.6 is 0 Å². The average molecular weight is 264 g/mol. The Morgan fingerprint density at radius 2 is 1.89 bits per heavy atom. The van der Waals surface area contributed by atoms with Crippen LogP contribution in [0.1, 0.15) is 5.56 Å². The minimum atomic E-state index is -4.82. The monoisotopic (exact) mass is 264 g/mol. The molecule has 0 aromatic heterocycles. The number of alkyl halides is 3. The van der Waals surface area contributed by atoms with Gasteiger partial charge in [-0.3, -0.25) is 0 Å². The molecule has 5 nitrogen and oxygen atoms in total. The number of urea groups is 1. The smallest absolute Gasteiger partial charge is 0.370 e. The molecule has 18 heavy (non-hydrogen) atoms. The number of carbonyl (C=O) groups is 1. The molecule has 0 fully saturated rings. The molecule has 0 saturated heterocycles. The fourth-order valence-electron chi connectivity index (χ4n) is 1.14. The summed E-state index contributed by atoms with van der Waals surface area (Å²) in [5, 5.41) is 1.64. The molecule has 0 aliphatic rings. The van der Waals surface area contributed by atoms with Crippen LogP contribution in [0.5, 0.6) is 0 Å². The van der Waals surface area contributed by atoms with Crippen LogP contribution in [-0.2, 0) is 6.18 Å². The third kappa shape index (κ3) is 3.34. The molecular weight excluding hydrogens is 256 g/mol. The first-order chi connectivity index (χ1) is 8.21. The Labute approximate surface area is 98.5 Å². The van der Waals surface area contributed by atoms with Crippen molar-refractivity contribution in [3.05, 3.63) is 29.6 Å². The first-order valence-electron chi connectivity index (χ1n) is 4.48. The molecule has 0 saturated carbocycles. The van der Waals surface area contributed by atoms with Gasteiger partial charge in [-0.25, -0.2) is 9.18 Å². The summed E-state index contributed by atoms with van der Waals surface area (Å²) >= 11 is 0. The van der Waals surface area contributed by atoms with Crippen molar-refractivity contribution >= 4 is 17.7 Å². The molecule has 0 aliphatic heterocycles. The van der Waals surface area contributed by atoms with E-state index in [-0.39, 0.29) is 0 Å². The van der Waals surface area contributed by atoms with Gasteiger partial charge in [0.25, 0.3) is 0 Å². The number of hydrogen-bond donors (Lipinski definition) is 3. The SMILES string of the molecule is NC(N)=NC(=O)Nc1c(F)cccc1C(F)(F)F. The van der Waals surface area contributed by atoms with E-state index in [0.29, 0.717) is 6.07 Å². The van der Waals surface area contributed by atoms with E-state index < -0.39 is 35.2 Å². The van der Waals surface area contributed by atoms with Crippen LogP contribution < -0.4 is 16.8 Å². The second kappa shape index (κ2) is 4.90. The van der Waals surface area contributed by atoms with Gasteiger partial charge in [-0.1, -0.05) is 6.07 Å². The van der Waals surface area contributed by atoms with Gasteiger partial charge in [0.05, 0.1) is 11.3 Å². The van der Waals surface area contributed by atoms with Crippen molar-refractivity contribution in [2.75, 3.05) is 5.32 Å². The number of nitrogens with two attached hydrogens (primary N) is 2. The van der Waals surface area contributed by atoms with Crippen LogP contribution in [0.15, 0.2) is 23.2 Å². The van der Waals surface area contributed by atoms with Crippen molar-refractivity contribution in [1.29, 1.82) is 0 Å². The quantitative estimate of drug-likeness (QED) is 0.409. The van der Waals surface area contributed by atoms with Crippen LogP contribution in [0.25, 0.3) is 0 Å². The highest BCUT2D eigenvalue weighted by Gasteiger charge is 2.35. The third-order valence-electron chi connectivity index (χ3n) is 1.78. The zero-order valence-electron chi connectivity index (χ0n) is 8.75. The summed E-state index contributed by atoms with van der Waals surface area (Å²) in [6, 6.07) is 0.953. The number of anilines is 1. The Morgan fingerprint density at radius 1 is 1.28 bits per heavy atom. The summed E-state index contributed by atoms with van der Waals surface area (Å²) in [5.41, 5.74) is 7.36. The van der Waals surface area contributed by atoms with Crippen LogP contribution in [0.4, 0.5) is 28.0 Å². The van der Waals surface area contributed by atoms with Gasteiger partial charge in [0, 0.05) is 0 Å². The summed E-state index contributed by atoms with van der Waals surface area (Å²) in [4.78, 5) is 14.0. The number of para-hydroxylation sites is 1. The number of amides is 2. The second-order valence-corrected chi connectivity index (χ2v) is 3.13. The summed E-state index contributed by atoms with van der Waals surface area (Å²) in [5.74, 6) is -1.90. The van der Waals surface area contributed by atoms with E-state index in [4.69, 9.17) is 11.5 Å². The van der Waals surface area contributed by atoms with E-state index in [1.165, 1.54) is 0 Å². The fourth-order valence-corrected chi connectivity index (χ4v) is 1.14. The van der Waals surface area contributed by atoms with Crippen molar-refractivity contribution in [3.8, 4) is 0 Å². The highest BCUT2D eigenvalue weighted by atomic mass is 19.4. The molecule has 1 aromatic rings. The number of hydrogen-bond acceptors (Lipinski definition) is 1. The average Bonchev–Trinajstić information content (AvgIpc) is 2.18. The lowest BCUT2D eigenvalue weighted by molar-refractivity contribution is -0.137. The molecule has 1 rings (SSSR count). The Hall–Kier alpha value is -2.32. The van der Waals surface area contributed by atoms with E-state index >= 15 is 0 Å². The number of carbonyl (C=O) groups excluding carboxylic acids is 1. The van der Waals surface area contributed by atoms with Crippen LogP contribution in [-0.4, -0.2) is 12.0 Å². The van der Waals surface area contributed by atoms with Crippen molar-refractivity contribution < 1.29 is 22.4 Å². The lowest BCUT2D eigenvalue weighted by Gasteiger charge is -2.13. The van der Waals surface area contributed by atoms with Crippen LogP contribution in [0.2, 0.25) is 0 Å². The minimum Gasteiger partial charge on any atom is -0.370 e. The molecule has 0 heterocycles. The van der Waals surface area contributed by atoms with E-state index in [2.05, 4.69) is 4.99 Å². The predicted molar refractivity (Wildman–Crippen MR) is 56.2 cm³/mol. The molecule has 0 radical (unpaired) electrons. The summed E-state index contributed by atoms with van der Waals surface area (Å²) < 4.78 is 50.9. The van der Waals surface area contributed by atoms with Crippen molar-refractivity contribution in [2.24, 2.45) is 16.5 Å². The number of aliphatic imine (C=N–C) groups is 1. The van der Waals surface area contributed by atoms with E-state index in [1.807, 2.05) is 0 Å². The van der Waals surface area contributed by atoms with Crippen molar-refractivity contribution in [2.45, 2.75) is 6.18 Å². The van der Waals surface area contributed by atoms with Gasteiger partial charge in [-0.15, -0.1) is 0 Å². The molecule has 0 atom stereocenters. The maximum absolute atomic E-state index is 13.3. The highest BCUT2D eigenvalue weighted by molar-refractivity contribution is 5.98. The molecule has 0 bridgehead atoms. The van der Waals surface area contributed by atoms with E-state index in [0.717, 1.165) is 12.1 Å². The number of halogens is 4. The van der Waals surface area contributed by atoms with Crippen LogP contribution in [0, 0.1) is 5.82 Å². The summed E-state index contributed by atoms with van der Waals surface area (Å²) in [6.45, 7) is 0. The van der Waals surface area contributed by atoms with E-state index in [1.54, 1.807) is 5.32 Å². The molecule has 5 N–H and O–H groups in total. The number of nitrogens with zero attached hydrogens (tertiary/aromatic N) is 1. The zero-order chi connectivity index (χ0) is 13.9. The second-order valence-electron chi connectivity index (χ2n) is 3.13. The van der Waals surface area contributed by atoms with Crippen molar-refractivity contribution in [1.82, 2.24) is 0 Å².